The van der Waals surface area contributed by atoms with Crippen LogP contribution in [0.4, 0.5) is 0 Å². The lowest BCUT2D eigenvalue weighted by Gasteiger charge is -2.16. The predicted molar refractivity (Wildman–Crippen MR) is 84.8 cm³/mol. The summed E-state index contributed by atoms with van der Waals surface area (Å²) in [6.45, 7) is 1.32. The van der Waals surface area contributed by atoms with E-state index in [9.17, 15) is 4.79 Å². The van der Waals surface area contributed by atoms with Gasteiger partial charge in [-0.1, -0.05) is 6.07 Å². The Kier molecular flexibility index (Phi) is 3.12. The van der Waals surface area contributed by atoms with Crippen LogP contribution in [0.15, 0.2) is 42.9 Å². The number of carbonyl (C=O) groups excluding carboxylic acids is 1. The fourth-order valence-corrected chi connectivity index (χ4v) is 3.10. The van der Waals surface area contributed by atoms with Gasteiger partial charge in [0.15, 0.2) is 0 Å². The van der Waals surface area contributed by atoms with Crippen molar-refractivity contribution in [2.24, 2.45) is 0 Å². The Morgan fingerprint density at radius 3 is 3.13 bits per heavy atom. The van der Waals surface area contributed by atoms with Crippen LogP contribution in [0.1, 0.15) is 28.4 Å². The third kappa shape index (κ3) is 2.36. The summed E-state index contributed by atoms with van der Waals surface area (Å²) in [5.41, 5.74) is 2.21. The predicted octanol–water partition coefficient (Wildman–Crippen LogP) is 2.32. The molecule has 0 bridgehead atoms. The van der Waals surface area contributed by atoms with E-state index in [0.717, 1.165) is 17.3 Å². The first-order valence-electron chi connectivity index (χ1n) is 7.55. The van der Waals surface area contributed by atoms with Gasteiger partial charge in [-0.05, 0) is 30.0 Å². The van der Waals surface area contributed by atoms with Gasteiger partial charge < -0.3 is 9.88 Å². The van der Waals surface area contributed by atoms with E-state index < -0.39 is 0 Å². The minimum Gasteiger partial charge on any atom is -0.361 e. The molecule has 0 radical (unpaired) electrons. The van der Waals surface area contributed by atoms with E-state index >= 15 is 0 Å². The van der Waals surface area contributed by atoms with E-state index in [1.54, 1.807) is 17.1 Å². The van der Waals surface area contributed by atoms with Gasteiger partial charge in [0, 0.05) is 36.6 Å². The molecular formula is C17H15N5O. The van der Waals surface area contributed by atoms with E-state index in [0.29, 0.717) is 24.2 Å². The van der Waals surface area contributed by atoms with Crippen LogP contribution in [-0.4, -0.2) is 38.7 Å². The highest BCUT2D eigenvalue weighted by Crippen LogP contribution is 2.24. The van der Waals surface area contributed by atoms with Gasteiger partial charge in [-0.25, -0.2) is 0 Å². The summed E-state index contributed by atoms with van der Waals surface area (Å²) in [6, 6.07) is 9.92. The Bertz CT molecular complexity index is 916. The number of nitrogens with zero attached hydrogens (tertiary/aromatic N) is 4. The molecule has 0 spiro atoms. The average molecular weight is 305 g/mol. The molecular weight excluding hydrogens is 290 g/mol. The Morgan fingerprint density at radius 1 is 1.39 bits per heavy atom. The number of aromatic amines is 1. The highest BCUT2D eigenvalue weighted by molar-refractivity contribution is 5.98. The van der Waals surface area contributed by atoms with Crippen LogP contribution in [0.25, 0.3) is 10.9 Å². The molecule has 1 aromatic carbocycles. The molecule has 1 atom stereocenters. The zero-order chi connectivity index (χ0) is 15.8. The van der Waals surface area contributed by atoms with Gasteiger partial charge in [0.2, 0.25) is 0 Å². The summed E-state index contributed by atoms with van der Waals surface area (Å²) in [4.78, 5) is 17.7. The molecule has 3 aromatic rings. The van der Waals surface area contributed by atoms with Gasteiger partial charge in [-0.15, -0.1) is 0 Å². The quantitative estimate of drug-likeness (QED) is 0.789. The summed E-state index contributed by atoms with van der Waals surface area (Å²) in [6.07, 6.45) is 6.02. The normalized spacial score (nSPS) is 17.5. The number of aromatic nitrogens is 3. The monoisotopic (exact) mass is 305 g/mol. The van der Waals surface area contributed by atoms with Crippen LogP contribution in [0.5, 0.6) is 0 Å². The lowest BCUT2D eigenvalue weighted by molar-refractivity contribution is 0.0787. The van der Waals surface area contributed by atoms with Gasteiger partial charge >= 0.3 is 0 Å². The van der Waals surface area contributed by atoms with Crippen LogP contribution in [0.3, 0.4) is 0 Å². The zero-order valence-corrected chi connectivity index (χ0v) is 12.4. The molecule has 0 saturated carbocycles. The smallest absolute Gasteiger partial charge is 0.254 e. The number of nitrogens with one attached hydrogen (secondary N) is 1. The first-order chi connectivity index (χ1) is 11.2. The number of rotatable bonds is 2. The van der Waals surface area contributed by atoms with Crippen molar-refractivity contribution in [3.05, 3.63) is 54.0 Å². The largest absolute Gasteiger partial charge is 0.361 e. The number of likely N-dealkylation sites (tertiary alicyclic amines) is 1. The summed E-state index contributed by atoms with van der Waals surface area (Å²) in [7, 11) is 0. The molecule has 1 N–H and O–H groups in total. The number of carbonyl (C=O) groups is 1. The molecule has 23 heavy (non-hydrogen) atoms. The molecule has 1 aliphatic rings. The van der Waals surface area contributed by atoms with Crippen LogP contribution in [0.2, 0.25) is 0 Å². The van der Waals surface area contributed by atoms with Crippen molar-refractivity contribution in [1.29, 1.82) is 5.26 Å². The Morgan fingerprint density at radius 2 is 2.30 bits per heavy atom. The molecule has 1 amide bonds. The Hall–Kier alpha value is -3.07. The molecule has 0 aliphatic carbocycles. The third-order valence-corrected chi connectivity index (χ3v) is 4.36. The molecule has 1 fully saturated rings. The minimum absolute atomic E-state index is 0.0386. The standard InChI is InChI=1S/C17H15N5O/c18-8-12-9-20-22(10-12)15-4-6-21(11-15)17(23)14-2-1-13-3-5-19-16(13)7-14/h1-3,5,7,9-10,15,19H,4,6,11H2. The van der Waals surface area contributed by atoms with Gasteiger partial charge in [0.05, 0.1) is 17.8 Å². The van der Waals surface area contributed by atoms with Crippen molar-refractivity contribution in [3.8, 4) is 6.07 Å². The first kappa shape index (κ1) is 13.6. The number of nitriles is 1. The van der Waals surface area contributed by atoms with Crippen LogP contribution in [0, 0.1) is 11.3 Å². The van der Waals surface area contributed by atoms with E-state index in [1.807, 2.05) is 35.4 Å². The number of benzene rings is 1. The SMILES string of the molecule is N#Cc1cnn(C2CCN(C(=O)c3ccc4cc[nH]c4c3)C2)c1. The second-order valence-corrected chi connectivity index (χ2v) is 5.79. The second kappa shape index (κ2) is 5.29. The highest BCUT2D eigenvalue weighted by Gasteiger charge is 2.28. The molecule has 6 heteroatoms. The van der Waals surface area contributed by atoms with Gasteiger partial charge in [0.25, 0.3) is 5.91 Å². The number of amides is 1. The molecule has 1 aliphatic heterocycles. The topological polar surface area (TPSA) is 77.7 Å². The van der Waals surface area contributed by atoms with E-state index in [2.05, 4.69) is 16.2 Å². The lowest BCUT2D eigenvalue weighted by Crippen LogP contribution is -2.29. The number of hydrogen-bond donors (Lipinski definition) is 1. The summed E-state index contributed by atoms with van der Waals surface area (Å²) >= 11 is 0. The molecule has 2 aromatic heterocycles. The van der Waals surface area contributed by atoms with Crippen molar-refractivity contribution in [2.75, 3.05) is 13.1 Å². The number of fused-ring (bicyclic) bond motifs is 1. The molecule has 4 rings (SSSR count). The molecule has 114 valence electrons. The van der Waals surface area contributed by atoms with Crippen molar-refractivity contribution in [3.63, 3.8) is 0 Å². The van der Waals surface area contributed by atoms with E-state index in [1.165, 1.54) is 0 Å². The maximum absolute atomic E-state index is 12.7. The maximum atomic E-state index is 12.7. The van der Waals surface area contributed by atoms with E-state index in [-0.39, 0.29) is 11.9 Å². The maximum Gasteiger partial charge on any atom is 0.254 e. The van der Waals surface area contributed by atoms with E-state index in [4.69, 9.17) is 5.26 Å². The Balaban J connectivity index is 1.52. The summed E-state index contributed by atoms with van der Waals surface area (Å²) in [5.74, 6) is 0.0386. The van der Waals surface area contributed by atoms with Gasteiger partial charge in [-0.2, -0.15) is 10.4 Å². The van der Waals surface area contributed by atoms with Gasteiger partial charge in [0.1, 0.15) is 6.07 Å². The third-order valence-electron chi connectivity index (χ3n) is 4.36. The van der Waals surface area contributed by atoms with Gasteiger partial charge in [-0.3, -0.25) is 9.48 Å². The molecule has 3 heterocycles. The van der Waals surface area contributed by atoms with Crippen LogP contribution in [-0.2, 0) is 0 Å². The summed E-state index contributed by atoms with van der Waals surface area (Å²) in [5, 5.41) is 14.2. The van der Waals surface area contributed by atoms with Crippen molar-refractivity contribution in [1.82, 2.24) is 19.7 Å². The van der Waals surface area contributed by atoms with Crippen LogP contribution < -0.4 is 0 Å². The molecule has 1 saturated heterocycles. The Labute approximate surface area is 132 Å². The average Bonchev–Trinajstić information content (AvgIpc) is 3.31. The van der Waals surface area contributed by atoms with Crippen molar-refractivity contribution >= 4 is 16.8 Å². The fourth-order valence-electron chi connectivity index (χ4n) is 3.10. The lowest BCUT2D eigenvalue weighted by atomic mass is 10.1. The van der Waals surface area contributed by atoms with Crippen LogP contribution >= 0.6 is 0 Å². The molecule has 6 nitrogen and oxygen atoms in total. The number of H-pyrrole nitrogens is 1. The molecule has 1 unspecified atom stereocenters. The second-order valence-electron chi connectivity index (χ2n) is 5.79. The first-order valence-corrected chi connectivity index (χ1v) is 7.55. The van der Waals surface area contributed by atoms with Crippen molar-refractivity contribution < 1.29 is 4.79 Å². The number of hydrogen-bond acceptors (Lipinski definition) is 3. The minimum atomic E-state index is 0.0386. The fraction of sp³-hybridized carbons (Fsp3) is 0.235. The van der Waals surface area contributed by atoms with Crippen molar-refractivity contribution in [2.45, 2.75) is 12.5 Å². The highest BCUT2D eigenvalue weighted by atomic mass is 16.2. The summed E-state index contributed by atoms with van der Waals surface area (Å²) < 4.78 is 1.79. The zero-order valence-electron chi connectivity index (χ0n) is 12.4.